The monoisotopic (exact) mass is 307 g/mol. The van der Waals surface area contributed by atoms with Crippen molar-refractivity contribution in [2.45, 2.75) is 13.8 Å². The van der Waals surface area contributed by atoms with Crippen molar-refractivity contribution >= 4 is 23.0 Å². The molecule has 0 saturated heterocycles. The van der Waals surface area contributed by atoms with Gasteiger partial charge in [-0.2, -0.15) is 0 Å². The van der Waals surface area contributed by atoms with Crippen LogP contribution >= 0.6 is 0 Å². The van der Waals surface area contributed by atoms with Crippen LogP contribution in [0.4, 0.5) is 0 Å². The summed E-state index contributed by atoms with van der Waals surface area (Å²) in [6, 6.07) is 1.61. The van der Waals surface area contributed by atoms with Crippen LogP contribution in [-0.2, 0) is 9.53 Å². The Morgan fingerprint density at radius 3 is 2.77 bits per heavy atom. The summed E-state index contributed by atoms with van der Waals surface area (Å²) >= 11 is 0. The predicted molar refractivity (Wildman–Crippen MR) is 76.7 cm³/mol. The zero-order chi connectivity index (χ0) is 16.3. The van der Waals surface area contributed by atoms with Crippen LogP contribution in [0, 0.1) is 13.8 Å². The Labute approximate surface area is 126 Å². The summed E-state index contributed by atoms with van der Waals surface area (Å²) in [5, 5.41) is 13.3. The smallest absolute Gasteiger partial charge is 0.323 e. The summed E-state index contributed by atoms with van der Waals surface area (Å²) in [4.78, 5) is 29.1. The maximum absolute atomic E-state index is 12.7. The second kappa shape index (κ2) is 6.52. The lowest BCUT2D eigenvalue weighted by atomic mass is 10.1. The van der Waals surface area contributed by atoms with E-state index in [1.165, 1.54) is 12.0 Å². The van der Waals surface area contributed by atoms with Gasteiger partial charge >= 0.3 is 5.97 Å². The predicted octanol–water partition coefficient (Wildman–Crippen LogP) is 1.01. The summed E-state index contributed by atoms with van der Waals surface area (Å²) in [7, 11) is 1.49. The lowest BCUT2D eigenvalue weighted by molar-refractivity contribution is -0.137. The van der Waals surface area contributed by atoms with Gasteiger partial charge in [-0.1, -0.05) is 5.16 Å². The summed E-state index contributed by atoms with van der Waals surface area (Å²) in [6.07, 6.45) is 0. The minimum Gasteiger partial charge on any atom is -0.480 e. The molecule has 8 nitrogen and oxygen atoms in total. The maximum atomic E-state index is 12.7. The van der Waals surface area contributed by atoms with Crippen molar-refractivity contribution in [3.63, 3.8) is 0 Å². The van der Waals surface area contributed by atoms with Crippen LogP contribution in [0.25, 0.3) is 11.1 Å². The lowest BCUT2D eigenvalue weighted by Crippen LogP contribution is -2.38. The number of rotatable bonds is 6. The molecule has 0 aliphatic rings. The molecule has 1 amide bonds. The lowest BCUT2D eigenvalue weighted by Gasteiger charge is -2.20. The van der Waals surface area contributed by atoms with Gasteiger partial charge in [-0.3, -0.25) is 9.59 Å². The van der Waals surface area contributed by atoms with Gasteiger partial charge in [0.1, 0.15) is 6.54 Å². The molecule has 1 N–H and O–H groups in total. The van der Waals surface area contributed by atoms with Crippen LogP contribution < -0.4 is 0 Å². The van der Waals surface area contributed by atoms with Crippen molar-refractivity contribution in [2.24, 2.45) is 0 Å². The fraction of sp³-hybridized carbons (Fsp3) is 0.429. The van der Waals surface area contributed by atoms with E-state index in [1.807, 2.05) is 0 Å². The molecule has 0 aromatic carbocycles. The molecule has 0 radical (unpaired) electrons. The van der Waals surface area contributed by atoms with Crippen molar-refractivity contribution in [3.05, 3.63) is 23.0 Å². The van der Waals surface area contributed by atoms with Crippen LogP contribution in [0.5, 0.6) is 0 Å². The Kier molecular flexibility index (Phi) is 4.71. The molecule has 2 rings (SSSR count). The fourth-order valence-electron chi connectivity index (χ4n) is 2.17. The number of aryl methyl sites for hydroxylation is 2. The molecule has 2 aromatic rings. The molecular weight excluding hydrogens is 290 g/mol. The number of methoxy groups -OCH3 is 1. The third-order valence-corrected chi connectivity index (χ3v) is 3.15. The van der Waals surface area contributed by atoms with Crippen molar-refractivity contribution in [3.8, 4) is 0 Å². The number of aromatic nitrogens is 2. The minimum atomic E-state index is -1.09. The largest absolute Gasteiger partial charge is 0.480 e. The number of fused-ring (bicyclic) bond motifs is 1. The van der Waals surface area contributed by atoms with Crippen LogP contribution in [0.15, 0.2) is 10.6 Å². The Morgan fingerprint density at radius 1 is 1.41 bits per heavy atom. The molecule has 2 heterocycles. The molecule has 0 fully saturated rings. The van der Waals surface area contributed by atoms with Gasteiger partial charge in [-0.25, -0.2) is 4.98 Å². The van der Waals surface area contributed by atoms with E-state index in [2.05, 4.69) is 10.1 Å². The van der Waals surface area contributed by atoms with Gasteiger partial charge in [0.2, 0.25) is 0 Å². The van der Waals surface area contributed by atoms with Crippen LogP contribution in [0.2, 0.25) is 0 Å². The molecule has 0 aliphatic carbocycles. The zero-order valence-corrected chi connectivity index (χ0v) is 12.6. The average Bonchev–Trinajstić information content (AvgIpc) is 2.82. The Balaban J connectivity index is 2.45. The molecule has 0 spiro atoms. The average molecular weight is 307 g/mol. The number of carbonyl (C=O) groups excluding carboxylic acids is 1. The number of nitrogens with zero attached hydrogens (tertiary/aromatic N) is 3. The summed E-state index contributed by atoms with van der Waals surface area (Å²) < 4.78 is 10.0. The third-order valence-electron chi connectivity index (χ3n) is 3.15. The summed E-state index contributed by atoms with van der Waals surface area (Å²) in [5.74, 6) is -1.50. The Hall–Kier alpha value is -2.48. The topological polar surface area (TPSA) is 106 Å². The van der Waals surface area contributed by atoms with E-state index < -0.39 is 18.4 Å². The van der Waals surface area contributed by atoms with E-state index >= 15 is 0 Å². The summed E-state index contributed by atoms with van der Waals surface area (Å²) in [6.45, 7) is 3.44. The molecule has 0 bridgehead atoms. The normalized spacial score (nSPS) is 10.9. The highest BCUT2D eigenvalue weighted by Gasteiger charge is 2.23. The number of carboxylic acids is 1. The second-order valence-electron chi connectivity index (χ2n) is 4.87. The molecule has 22 heavy (non-hydrogen) atoms. The van der Waals surface area contributed by atoms with Gasteiger partial charge in [0.15, 0.2) is 0 Å². The number of carbonyl (C=O) groups is 2. The van der Waals surface area contributed by atoms with Crippen molar-refractivity contribution in [1.82, 2.24) is 15.0 Å². The number of pyridine rings is 1. The van der Waals surface area contributed by atoms with Crippen molar-refractivity contribution in [1.29, 1.82) is 0 Å². The van der Waals surface area contributed by atoms with E-state index in [-0.39, 0.29) is 18.9 Å². The first-order valence-electron chi connectivity index (χ1n) is 6.67. The molecule has 0 atom stereocenters. The first kappa shape index (κ1) is 15.9. The number of ether oxygens (including phenoxy) is 1. The second-order valence-corrected chi connectivity index (χ2v) is 4.87. The minimum absolute atomic E-state index is 0.175. The SMILES string of the molecule is COCCN(CC(=O)O)C(=O)c1cc(C)nc2onc(C)c12. The highest BCUT2D eigenvalue weighted by Crippen LogP contribution is 2.23. The van der Waals surface area contributed by atoms with Crippen molar-refractivity contribution < 1.29 is 24.0 Å². The van der Waals surface area contributed by atoms with E-state index in [4.69, 9.17) is 14.4 Å². The van der Waals surface area contributed by atoms with Gasteiger partial charge in [-0.15, -0.1) is 0 Å². The standard InChI is InChI=1S/C14H17N3O5/c1-8-6-10(12-9(2)16-22-13(12)15-8)14(20)17(4-5-21-3)7-11(18)19/h6H,4-5,7H2,1-3H3,(H,18,19). The number of hydrogen-bond donors (Lipinski definition) is 1. The maximum Gasteiger partial charge on any atom is 0.323 e. The van der Waals surface area contributed by atoms with Crippen LogP contribution in [0.3, 0.4) is 0 Å². The number of carboxylic acid groups (broad SMARTS) is 1. The number of hydrogen-bond acceptors (Lipinski definition) is 6. The molecule has 0 aliphatic heterocycles. The third kappa shape index (κ3) is 3.22. The van der Waals surface area contributed by atoms with E-state index in [9.17, 15) is 9.59 Å². The van der Waals surface area contributed by atoms with E-state index in [1.54, 1.807) is 19.9 Å². The molecule has 2 aromatic heterocycles. The molecule has 118 valence electrons. The first-order valence-corrected chi connectivity index (χ1v) is 6.67. The highest BCUT2D eigenvalue weighted by atomic mass is 16.5. The zero-order valence-electron chi connectivity index (χ0n) is 12.6. The van der Waals surface area contributed by atoms with Gasteiger partial charge in [0, 0.05) is 19.3 Å². The first-order chi connectivity index (χ1) is 10.4. The number of amides is 1. The summed E-state index contributed by atoms with van der Waals surface area (Å²) in [5.41, 5.74) is 1.73. The van der Waals surface area contributed by atoms with Gasteiger partial charge < -0.3 is 19.3 Å². The molecular formula is C14H17N3O5. The van der Waals surface area contributed by atoms with Gasteiger partial charge in [0.05, 0.1) is 23.3 Å². The van der Waals surface area contributed by atoms with E-state index in [0.717, 1.165) is 0 Å². The van der Waals surface area contributed by atoms with Crippen LogP contribution in [0.1, 0.15) is 21.7 Å². The molecule has 0 saturated carbocycles. The Morgan fingerprint density at radius 2 is 2.14 bits per heavy atom. The van der Waals surface area contributed by atoms with Gasteiger partial charge in [-0.05, 0) is 19.9 Å². The molecule has 0 unspecified atom stereocenters. The van der Waals surface area contributed by atoms with Gasteiger partial charge in [0.25, 0.3) is 11.6 Å². The van der Waals surface area contributed by atoms with Crippen molar-refractivity contribution in [2.75, 3.05) is 26.8 Å². The van der Waals surface area contributed by atoms with E-state index in [0.29, 0.717) is 22.3 Å². The van der Waals surface area contributed by atoms with Crippen LogP contribution in [-0.4, -0.2) is 58.8 Å². The fourth-order valence-corrected chi connectivity index (χ4v) is 2.17. The quantitative estimate of drug-likeness (QED) is 0.849. The molecule has 8 heteroatoms. The Bertz CT molecular complexity index is 710. The highest BCUT2D eigenvalue weighted by molar-refractivity contribution is 6.06. The number of aliphatic carboxylic acids is 1.